The van der Waals surface area contributed by atoms with Crippen molar-refractivity contribution in [1.82, 2.24) is 10.7 Å². The fourth-order valence-electron chi connectivity index (χ4n) is 1.54. The van der Waals surface area contributed by atoms with E-state index >= 15 is 0 Å². The Hall–Kier alpha value is -2.34. The molecule has 0 radical (unpaired) electrons. The lowest BCUT2D eigenvalue weighted by molar-refractivity contribution is 0.502. The summed E-state index contributed by atoms with van der Waals surface area (Å²) in [7, 11) is 0. The van der Waals surface area contributed by atoms with Gasteiger partial charge in [-0.15, -0.1) is 0 Å². The molecule has 0 atom stereocenters. The van der Waals surface area contributed by atoms with Crippen molar-refractivity contribution in [1.29, 1.82) is 0 Å². The highest BCUT2D eigenvalue weighted by molar-refractivity contribution is 7.80. The number of nitrogens with zero attached hydrogens (tertiary/aromatic N) is 1. The van der Waals surface area contributed by atoms with E-state index in [-0.39, 0.29) is 0 Å². The zero-order valence-electron chi connectivity index (χ0n) is 11.1. The average molecular weight is 288 g/mol. The number of hydrazone groups is 1. The van der Waals surface area contributed by atoms with Crippen molar-refractivity contribution in [3.63, 3.8) is 0 Å². The Bertz CT molecular complexity index is 590. The number of anilines is 1. The average Bonchev–Trinajstić information content (AvgIpc) is 2.96. The predicted molar refractivity (Wildman–Crippen MR) is 84.3 cm³/mol. The van der Waals surface area contributed by atoms with E-state index < -0.39 is 0 Å². The molecule has 1 aromatic heterocycles. The lowest BCUT2D eigenvalue weighted by atomic mass is 10.1. The molecule has 0 saturated heterocycles. The summed E-state index contributed by atoms with van der Waals surface area (Å²) >= 11 is 5.13. The van der Waals surface area contributed by atoms with Crippen LogP contribution in [0, 0.1) is 0 Å². The van der Waals surface area contributed by atoms with Crippen LogP contribution < -0.4 is 16.5 Å². The van der Waals surface area contributed by atoms with Crippen molar-refractivity contribution in [2.75, 3.05) is 5.73 Å². The van der Waals surface area contributed by atoms with Crippen LogP contribution in [0.1, 0.15) is 18.2 Å². The molecular weight excluding hydrogens is 272 g/mol. The highest BCUT2D eigenvalue weighted by atomic mass is 32.1. The fraction of sp³-hybridized carbons (Fsp3) is 0.143. The summed E-state index contributed by atoms with van der Waals surface area (Å²) < 4.78 is 5.19. The highest BCUT2D eigenvalue weighted by Crippen LogP contribution is 2.06. The summed E-state index contributed by atoms with van der Waals surface area (Å²) in [5.74, 6) is 0.813. The van der Waals surface area contributed by atoms with Gasteiger partial charge in [-0.2, -0.15) is 5.10 Å². The topological polar surface area (TPSA) is 75.6 Å². The second-order valence-electron chi connectivity index (χ2n) is 4.19. The maximum absolute atomic E-state index is 5.64. The molecule has 0 aliphatic rings. The minimum absolute atomic E-state index is 0.441. The molecule has 0 amide bonds. The molecule has 0 aliphatic carbocycles. The van der Waals surface area contributed by atoms with Gasteiger partial charge in [-0.05, 0) is 49.0 Å². The van der Waals surface area contributed by atoms with Gasteiger partial charge >= 0.3 is 0 Å². The molecule has 0 unspecified atom stereocenters. The standard InChI is InChI=1S/C14H16N4OS/c1-10(11-4-6-12(15)7-5-11)17-18-14(20)16-9-13-3-2-8-19-13/h2-8H,9,15H2,1H3,(H2,16,18,20)/b17-10-. The van der Waals surface area contributed by atoms with Crippen LogP contribution in [0.3, 0.4) is 0 Å². The zero-order chi connectivity index (χ0) is 14.4. The molecule has 4 N–H and O–H groups in total. The van der Waals surface area contributed by atoms with Crippen LogP contribution in [0.25, 0.3) is 0 Å². The lowest BCUT2D eigenvalue weighted by Crippen LogP contribution is -2.32. The maximum Gasteiger partial charge on any atom is 0.187 e. The summed E-state index contributed by atoms with van der Waals surface area (Å²) in [5.41, 5.74) is 11.0. The van der Waals surface area contributed by atoms with E-state index in [1.807, 2.05) is 43.3 Å². The quantitative estimate of drug-likeness (QED) is 0.348. The van der Waals surface area contributed by atoms with Crippen LogP contribution >= 0.6 is 12.2 Å². The third kappa shape index (κ3) is 4.10. The van der Waals surface area contributed by atoms with Crippen molar-refractivity contribution in [2.45, 2.75) is 13.5 Å². The van der Waals surface area contributed by atoms with Gasteiger partial charge in [0.2, 0.25) is 0 Å². The number of nitrogens with one attached hydrogen (secondary N) is 2. The second-order valence-corrected chi connectivity index (χ2v) is 4.60. The maximum atomic E-state index is 5.64. The molecule has 0 aliphatic heterocycles. The minimum Gasteiger partial charge on any atom is -0.467 e. The smallest absolute Gasteiger partial charge is 0.187 e. The van der Waals surface area contributed by atoms with Gasteiger partial charge in [-0.1, -0.05) is 12.1 Å². The van der Waals surface area contributed by atoms with Crippen molar-refractivity contribution in [2.24, 2.45) is 5.10 Å². The largest absolute Gasteiger partial charge is 0.467 e. The molecule has 0 spiro atoms. The molecule has 20 heavy (non-hydrogen) atoms. The van der Waals surface area contributed by atoms with Gasteiger partial charge in [0.25, 0.3) is 0 Å². The van der Waals surface area contributed by atoms with Gasteiger partial charge in [0.1, 0.15) is 5.76 Å². The number of benzene rings is 1. The second kappa shape index (κ2) is 6.72. The molecule has 5 nitrogen and oxygen atoms in total. The number of hydrogen-bond acceptors (Lipinski definition) is 4. The van der Waals surface area contributed by atoms with Crippen LogP contribution in [-0.2, 0) is 6.54 Å². The Labute approximate surface area is 122 Å². The molecule has 2 aromatic rings. The minimum atomic E-state index is 0.441. The first-order chi connectivity index (χ1) is 9.65. The van der Waals surface area contributed by atoms with Crippen LogP contribution in [-0.4, -0.2) is 10.8 Å². The van der Waals surface area contributed by atoms with Gasteiger partial charge in [0.05, 0.1) is 18.5 Å². The third-order valence-corrected chi connectivity index (χ3v) is 2.89. The summed E-state index contributed by atoms with van der Waals surface area (Å²) in [6, 6.07) is 11.2. The van der Waals surface area contributed by atoms with Crippen LogP contribution in [0.4, 0.5) is 5.69 Å². The van der Waals surface area contributed by atoms with E-state index in [2.05, 4.69) is 15.8 Å². The Morgan fingerprint density at radius 1 is 1.30 bits per heavy atom. The Morgan fingerprint density at radius 2 is 2.05 bits per heavy atom. The van der Waals surface area contributed by atoms with Crippen molar-refractivity contribution < 1.29 is 4.42 Å². The van der Waals surface area contributed by atoms with Gasteiger partial charge in [0.15, 0.2) is 5.11 Å². The van der Waals surface area contributed by atoms with Gasteiger partial charge in [-0.3, -0.25) is 5.43 Å². The van der Waals surface area contributed by atoms with Gasteiger partial charge in [0, 0.05) is 5.69 Å². The Morgan fingerprint density at radius 3 is 2.70 bits per heavy atom. The first-order valence-electron chi connectivity index (χ1n) is 6.11. The molecule has 0 saturated carbocycles. The van der Waals surface area contributed by atoms with Crippen molar-refractivity contribution in [3.8, 4) is 0 Å². The predicted octanol–water partition coefficient (Wildman–Crippen LogP) is 2.25. The monoisotopic (exact) mass is 288 g/mol. The number of hydrogen-bond donors (Lipinski definition) is 3. The van der Waals surface area contributed by atoms with E-state index in [1.165, 1.54) is 0 Å². The molecule has 1 aromatic carbocycles. The molecule has 1 heterocycles. The van der Waals surface area contributed by atoms with Crippen molar-refractivity contribution in [3.05, 3.63) is 54.0 Å². The normalized spacial score (nSPS) is 11.2. The first kappa shape index (κ1) is 14.1. The number of furan rings is 1. The summed E-state index contributed by atoms with van der Waals surface area (Å²) in [6.45, 7) is 2.42. The van der Waals surface area contributed by atoms with E-state index in [9.17, 15) is 0 Å². The highest BCUT2D eigenvalue weighted by Gasteiger charge is 1.99. The number of nitrogen functional groups attached to an aromatic ring is 1. The summed E-state index contributed by atoms with van der Waals surface area (Å²) in [5, 5.41) is 7.66. The van der Waals surface area contributed by atoms with Crippen LogP contribution in [0.5, 0.6) is 0 Å². The molecule has 2 rings (SSSR count). The SMILES string of the molecule is C/C(=N/NC(=S)NCc1ccco1)c1ccc(N)cc1. The summed E-state index contributed by atoms with van der Waals surface area (Å²) in [6.07, 6.45) is 1.62. The van der Waals surface area contributed by atoms with Gasteiger partial charge in [-0.25, -0.2) is 0 Å². The first-order valence-corrected chi connectivity index (χ1v) is 6.52. The number of rotatable bonds is 4. The van der Waals surface area contributed by atoms with E-state index in [0.717, 1.165) is 22.7 Å². The lowest BCUT2D eigenvalue weighted by Gasteiger charge is -2.07. The molecule has 104 valence electrons. The Balaban J connectivity index is 1.85. The third-order valence-electron chi connectivity index (χ3n) is 2.66. The summed E-state index contributed by atoms with van der Waals surface area (Å²) in [4.78, 5) is 0. The van der Waals surface area contributed by atoms with Crippen LogP contribution in [0.15, 0.2) is 52.2 Å². The fourth-order valence-corrected chi connectivity index (χ4v) is 1.66. The molecule has 0 bridgehead atoms. The number of thiocarbonyl (C=S) groups is 1. The van der Waals surface area contributed by atoms with E-state index in [0.29, 0.717) is 11.7 Å². The molecular formula is C14H16N4OS. The van der Waals surface area contributed by atoms with Crippen LogP contribution in [0.2, 0.25) is 0 Å². The number of nitrogens with two attached hydrogens (primary N) is 1. The van der Waals surface area contributed by atoms with Crippen molar-refractivity contribution >= 4 is 28.7 Å². The van der Waals surface area contributed by atoms with E-state index in [4.69, 9.17) is 22.4 Å². The molecule has 0 fully saturated rings. The van der Waals surface area contributed by atoms with Gasteiger partial charge < -0.3 is 15.5 Å². The zero-order valence-corrected chi connectivity index (χ0v) is 11.9. The van der Waals surface area contributed by atoms with E-state index in [1.54, 1.807) is 6.26 Å². The Kier molecular flexibility index (Phi) is 4.73. The molecule has 6 heteroatoms.